The molecule has 2 saturated heterocycles. The number of piperidine rings is 1. The molecule has 0 unspecified atom stereocenters. The fourth-order valence-electron chi connectivity index (χ4n) is 4.54. The molecule has 3 heterocycles. The highest BCUT2D eigenvalue weighted by atomic mass is 16.5. The van der Waals surface area contributed by atoms with Crippen LogP contribution in [-0.2, 0) is 4.79 Å². The van der Waals surface area contributed by atoms with Gasteiger partial charge in [0.15, 0.2) is 0 Å². The van der Waals surface area contributed by atoms with Crippen LogP contribution in [0.5, 0.6) is 5.75 Å². The van der Waals surface area contributed by atoms with E-state index in [2.05, 4.69) is 26.5 Å². The van der Waals surface area contributed by atoms with Gasteiger partial charge in [-0.3, -0.25) is 9.89 Å². The lowest BCUT2D eigenvalue weighted by Gasteiger charge is -2.34. The molecule has 150 valence electrons. The molecular weight excluding hydrogens is 352 g/mol. The van der Waals surface area contributed by atoms with Gasteiger partial charge in [-0.15, -0.1) is 0 Å². The Hall–Kier alpha value is -2.34. The van der Waals surface area contributed by atoms with Crippen LogP contribution in [0.15, 0.2) is 30.5 Å². The molecule has 6 nitrogen and oxygen atoms in total. The van der Waals surface area contributed by atoms with Crippen LogP contribution in [0.1, 0.15) is 43.7 Å². The van der Waals surface area contributed by atoms with Crippen molar-refractivity contribution in [3.8, 4) is 16.9 Å². The second-order valence-corrected chi connectivity index (χ2v) is 7.91. The van der Waals surface area contributed by atoms with Crippen LogP contribution in [0.2, 0.25) is 0 Å². The van der Waals surface area contributed by atoms with E-state index >= 15 is 0 Å². The first kappa shape index (κ1) is 19.0. The van der Waals surface area contributed by atoms with Crippen LogP contribution in [0, 0.1) is 5.92 Å². The van der Waals surface area contributed by atoms with Crippen LogP contribution >= 0.6 is 0 Å². The van der Waals surface area contributed by atoms with Crippen molar-refractivity contribution in [2.45, 2.75) is 38.0 Å². The first-order chi connectivity index (χ1) is 13.8. The quantitative estimate of drug-likeness (QED) is 0.852. The molecule has 0 saturated carbocycles. The number of amides is 1. The Morgan fingerprint density at radius 3 is 2.86 bits per heavy atom. The Morgan fingerprint density at radius 1 is 1.18 bits per heavy atom. The SMILES string of the molecule is COc1cccc(-c2cn[nH]c2C2CCN(C(=O)[C@@H]3CCCNCC3)CC2)c1. The number of hydrogen-bond donors (Lipinski definition) is 2. The van der Waals surface area contributed by atoms with E-state index in [1.54, 1.807) is 7.11 Å². The zero-order chi connectivity index (χ0) is 19.3. The molecular formula is C22H30N4O2. The second kappa shape index (κ2) is 8.78. The third kappa shape index (κ3) is 4.07. The van der Waals surface area contributed by atoms with Crippen LogP contribution in [0.3, 0.4) is 0 Å². The van der Waals surface area contributed by atoms with Crippen molar-refractivity contribution in [3.05, 3.63) is 36.2 Å². The molecule has 28 heavy (non-hydrogen) atoms. The van der Waals surface area contributed by atoms with E-state index in [0.717, 1.165) is 75.2 Å². The normalized spacial score (nSPS) is 21.3. The smallest absolute Gasteiger partial charge is 0.225 e. The number of carbonyl (C=O) groups is 1. The summed E-state index contributed by atoms with van der Waals surface area (Å²) in [5.74, 6) is 1.82. The summed E-state index contributed by atoms with van der Waals surface area (Å²) in [5.41, 5.74) is 3.44. The highest BCUT2D eigenvalue weighted by Gasteiger charge is 2.30. The van der Waals surface area contributed by atoms with Crippen molar-refractivity contribution in [2.24, 2.45) is 5.92 Å². The summed E-state index contributed by atoms with van der Waals surface area (Å²) in [6.07, 6.45) is 6.96. The van der Waals surface area contributed by atoms with E-state index in [9.17, 15) is 4.79 Å². The Kier molecular flexibility index (Phi) is 5.95. The van der Waals surface area contributed by atoms with E-state index in [1.807, 2.05) is 24.4 Å². The minimum absolute atomic E-state index is 0.200. The van der Waals surface area contributed by atoms with Crippen molar-refractivity contribution >= 4 is 5.91 Å². The zero-order valence-electron chi connectivity index (χ0n) is 16.6. The standard InChI is InChI=1S/C22H30N4O2/c1-28-19-6-2-4-18(14-19)20-15-24-25-21(20)16-8-12-26(13-9-16)22(27)17-5-3-10-23-11-7-17/h2,4,6,14-17,23H,3,5,7-13H2,1H3,(H,24,25)/t17-/m1/s1. The van der Waals surface area contributed by atoms with E-state index in [4.69, 9.17) is 4.74 Å². The van der Waals surface area contributed by atoms with Gasteiger partial charge < -0.3 is 15.0 Å². The fraction of sp³-hybridized carbons (Fsp3) is 0.545. The molecule has 2 N–H and O–H groups in total. The summed E-state index contributed by atoms with van der Waals surface area (Å²) in [4.78, 5) is 15.0. The van der Waals surface area contributed by atoms with E-state index in [1.165, 1.54) is 5.69 Å². The number of benzene rings is 1. The molecule has 0 bridgehead atoms. The monoisotopic (exact) mass is 382 g/mol. The zero-order valence-corrected chi connectivity index (χ0v) is 16.6. The molecule has 4 rings (SSSR count). The van der Waals surface area contributed by atoms with Crippen molar-refractivity contribution in [2.75, 3.05) is 33.3 Å². The average Bonchev–Trinajstić information content (AvgIpc) is 3.08. The average molecular weight is 383 g/mol. The summed E-state index contributed by atoms with van der Waals surface area (Å²) in [6.45, 7) is 3.68. The van der Waals surface area contributed by atoms with Crippen molar-refractivity contribution in [3.63, 3.8) is 0 Å². The van der Waals surface area contributed by atoms with E-state index < -0.39 is 0 Å². The number of nitrogens with zero attached hydrogens (tertiary/aromatic N) is 2. The van der Waals surface area contributed by atoms with Crippen molar-refractivity contribution < 1.29 is 9.53 Å². The molecule has 1 aromatic heterocycles. The van der Waals surface area contributed by atoms with Crippen LogP contribution in [-0.4, -0.2) is 54.3 Å². The van der Waals surface area contributed by atoms with Gasteiger partial charge in [-0.2, -0.15) is 5.10 Å². The number of likely N-dealkylation sites (tertiary alicyclic amines) is 1. The van der Waals surface area contributed by atoms with Crippen LogP contribution < -0.4 is 10.1 Å². The maximum absolute atomic E-state index is 12.9. The van der Waals surface area contributed by atoms with Gasteiger partial charge in [0, 0.05) is 36.2 Å². The number of H-pyrrole nitrogens is 1. The Balaban J connectivity index is 1.42. The molecule has 2 aliphatic heterocycles. The minimum atomic E-state index is 0.200. The summed E-state index contributed by atoms with van der Waals surface area (Å²) in [6, 6.07) is 8.10. The largest absolute Gasteiger partial charge is 0.497 e. The lowest BCUT2D eigenvalue weighted by atomic mass is 9.88. The number of methoxy groups -OCH3 is 1. The summed E-state index contributed by atoms with van der Waals surface area (Å²) < 4.78 is 5.37. The van der Waals surface area contributed by atoms with Gasteiger partial charge in [0.2, 0.25) is 5.91 Å². The number of aromatic amines is 1. The van der Waals surface area contributed by atoms with Gasteiger partial charge in [0.05, 0.1) is 13.3 Å². The first-order valence-electron chi connectivity index (χ1n) is 10.4. The van der Waals surface area contributed by atoms with Gasteiger partial charge >= 0.3 is 0 Å². The predicted molar refractivity (Wildman–Crippen MR) is 109 cm³/mol. The van der Waals surface area contributed by atoms with E-state index in [-0.39, 0.29) is 5.92 Å². The molecule has 1 aromatic carbocycles. The summed E-state index contributed by atoms with van der Waals surface area (Å²) >= 11 is 0. The number of carbonyl (C=O) groups excluding carboxylic acids is 1. The van der Waals surface area contributed by atoms with Gasteiger partial charge in [0.1, 0.15) is 5.75 Å². The number of hydrogen-bond acceptors (Lipinski definition) is 4. The first-order valence-corrected chi connectivity index (χ1v) is 10.4. The highest BCUT2D eigenvalue weighted by Crippen LogP contribution is 2.35. The molecule has 2 aliphatic rings. The minimum Gasteiger partial charge on any atom is -0.497 e. The maximum atomic E-state index is 12.9. The Bertz CT molecular complexity index is 787. The maximum Gasteiger partial charge on any atom is 0.225 e. The molecule has 2 fully saturated rings. The van der Waals surface area contributed by atoms with Gasteiger partial charge in [-0.1, -0.05) is 12.1 Å². The topological polar surface area (TPSA) is 70.2 Å². The molecule has 2 aromatic rings. The van der Waals surface area contributed by atoms with Crippen molar-refractivity contribution in [1.29, 1.82) is 0 Å². The van der Waals surface area contributed by atoms with Gasteiger partial charge in [-0.25, -0.2) is 0 Å². The Morgan fingerprint density at radius 2 is 2.04 bits per heavy atom. The predicted octanol–water partition coefficient (Wildman–Crippen LogP) is 3.18. The number of ether oxygens (including phenoxy) is 1. The molecule has 1 atom stereocenters. The Labute approximate surface area is 166 Å². The number of rotatable bonds is 4. The molecule has 0 spiro atoms. The van der Waals surface area contributed by atoms with E-state index in [0.29, 0.717) is 11.8 Å². The lowest BCUT2D eigenvalue weighted by molar-refractivity contribution is -0.137. The third-order valence-corrected chi connectivity index (χ3v) is 6.19. The van der Waals surface area contributed by atoms with Crippen molar-refractivity contribution in [1.82, 2.24) is 20.4 Å². The van der Waals surface area contributed by atoms with Gasteiger partial charge in [-0.05, 0) is 62.9 Å². The molecule has 1 amide bonds. The number of nitrogens with one attached hydrogen (secondary N) is 2. The summed E-state index contributed by atoms with van der Waals surface area (Å²) in [7, 11) is 1.69. The molecule has 0 radical (unpaired) electrons. The third-order valence-electron chi connectivity index (χ3n) is 6.19. The lowest BCUT2D eigenvalue weighted by Crippen LogP contribution is -2.41. The fourth-order valence-corrected chi connectivity index (χ4v) is 4.54. The summed E-state index contributed by atoms with van der Waals surface area (Å²) in [5, 5.41) is 10.9. The molecule has 0 aliphatic carbocycles. The second-order valence-electron chi connectivity index (χ2n) is 7.91. The van der Waals surface area contributed by atoms with Crippen LogP contribution in [0.25, 0.3) is 11.1 Å². The van der Waals surface area contributed by atoms with Crippen LogP contribution in [0.4, 0.5) is 0 Å². The van der Waals surface area contributed by atoms with Gasteiger partial charge in [0.25, 0.3) is 0 Å². The molecule has 6 heteroatoms. The highest BCUT2D eigenvalue weighted by molar-refractivity contribution is 5.79. The number of aromatic nitrogens is 2.